The molecule has 0 saturated carbocycles. The molecule has 0 N–H and O–H groups in total. The first-order valence-corrected chi connectivity index (χ1v) is 0. The van der Waals surface area contributed by atoms with E-state index in [1.165, 1.54) is 0 Å². The van der Waals surface area contributed by atoms with Crippen molar-refractivity contribution in [3.8, 4) is 0 Å². The molecule has 7 heteroatoms. The van der Waals surface area contributed by atoms with Crippen molar-refractivity contribution in [2.24, 2.45) is 0 Å². The van der Waals surface area contributed by atoms with E-state index < -0.39 is 0 Å². The van der Waals surface area contributed by atoms with Gasteiger partial charge in [0.05, 0.1) is 0 Å². The predicted molar refractivity (Wildman–Crippen MR) is 0 cm³/mol. The van der Waals surface area contributed by atoms with Crippen LogP contribution in [0.4, 0.5) is 0 Å². The third-order valence-electron chi connectivity index (χ3n) is 0. The molecule has 0 atom stereocenters. The molecule has 0 saturated heterocycles. The molecule has 0 fully saturated rings. The predicted octanol–water partition coefficient (Wildman–Crippen LogP) is -0.0175. The molecule has 0 bridgehead atoms. The molecule has 0 aromatic carbocycles. The van der Waals surface area contributed by atoms with Crippen LogP contribution in [0, 0.1) is 0 Å². The van der Waals surface area contributed by atoms with E-state index in [0.29, 0.717) is 0 Å². The van der Waals surface area contributed by atoms with Crippen molar-refractivity contribution in [3.05, 3.63) is 0 Å². The van der Waals surface area contributed by atoms with Gasteiger partial charge in [-0.25, -0.2) is 0 Å². The molecule has 0 radical (unpaired) electrons. The van der Waals surface area contributed by atoms with Gasteiger partial charge in [-0.1, -0.05) is 0 Å². The Morgan fingerprint density at radius 2 is 0.143 bits per heavy atom. The Bertz CT molecular complexity index is 0. The van der Waals surface area contributed by atoms with Gasteiger partial charge in [0.15, 0.2) is 0 Å². The summed E-state index contributed by atoms with van der Waals surface area (Å²) in [7, 11) is 0. The first kappa shape index (κ1) is 59.6. The van der Waals surface area contributed by atoms with E-state index in [2.05, 4.69) is 0 Å². The molecule has 0 aliphatic heterocycles. The zero-order chi connectivity index (χ0) is 0. The van der Waals surface area contributed by atoms with Crippen LogP contribution < -0.4 is 0 Å². The zero-order valence-corrected chi connectivity index (χ0v) is 23.4. The molecular weight excluding hydrogens is 1290 g/mol. The minimum atomic E-state index is 0. The second-order valence-corrected chi connectivity index (χ2v) is 0. The van der Waals surface area contributed by atoms with Crippen molar-refractivity contribution in [1.29, 1.82) is 0 Å². The zero-order valence-electron chi connectivity index (χ0n) is 2.86. The van der Waals surface area contributed by atoms with Gasteiger partial charge in [0, 0.05) is 147 Å². The van der Waals surface area contributed by atoms with Crippen LogP contribution in [-0.4, -0.2) is 0 Å². The van der Waals surface area contributed by atoms with Gasteiger partial charge in [0.1, 0.15) is 0 Å². The molecule has 0 rings (SSSR count). The van der Waals surface area contributed by atoms with Gasteiger partial charge < -0.3 is 0 Å². The van der Waals surface area contributed by atoms with Crippen molar-refractivity contribution in [3.63, 3.8) is 0 Å². The third-order valence-corrected chi connectivity index (χ3v) is 0. The summed E-state index contributed by atoms with van der Waals surface area (Å²) in [6.45, 7) is 0. The summed E-state index contributed by atoms with van der Waals surface area (Å²) in [5, 5.41) is 0. The first-order valence-electron chi connectivity index (χ1n) is 0. The topological polar surface area (TPSA) is 0 Å². The molecule has 42 valence electrons. The summed E-state index contributed by atoms with van der Waals surface area (Å²) in [6.07, 6.45) is 0. The fourth-order valence-corrected chi connectivity index (χ4v) is 0. The Balaban J connectivity index is 0. The van der Waals surface area contributed by atoms with Gasteiger partial charge in [-0.3, -0.25) is 0 Å². The normalized spacial score (nSPS) is 0. The van der Waals surface area contributed by atoms with E-state index >= 15 is 0 Å². The van der Waals surface area contributed by atoms with Crippen LogP contribution in [0.3, 0.4) is 0 Å². The summed E-state index contributed by atoms with van der Waals surface area (Å²) in [5.74, 6) is 0. The van der Waals surface area contributed by atoms with Crippen LogP contribution in [0.1, 0.15) is 0 Å². The Morgan fingerprint density at radius 1 is 0.143 bits per heavy atom. The van der Waals surface area contributed by atoms with Crippen LogP contribution in [0.5, 0.6) is 0 Å². The molecular formula is W7. The summed E-state index contributed by atoms with van der Waals surface area (Å²) in [6, 6.07) is 0. The maximum Gasteiger partial charge on any atom is 0 e. The Kier molecular flexibility index (Phi) is 382. The molecule has 0 heterocycles. The molecule has 7 heavy (non-hydrogen) atoms. The monoisotopic (exact) mass is 1290 g/mol. The fraction of sp³-hybridized carbons (Fsp3) is 0. The second kappa shape index (κ2) is 44.9. The Morgan fingerprint density at radius 3 is 0.143 bits per heavy atom. The molecule has 0 aromatic rings. The maximum absolute atomic E-state index is 0. The standard InChI is InChI=1S/7W. The molecule has 0 nitrogen and oxygen atoms in total. The number of hydrogen-bond donors (Lipinski definition) is 0. The van der Waals surface area contributed by atoms with Crippen LogP contribution in [0.25, 0.3) is 0 Å². The van der Waals surface area contributed by atoms with Gasteiger partial charge in [-0.15, -0.1) is 0 Å². The fourth-order valence-electron chi connectivity index (χ4n) is 0. The molecule has 0 aliphatic carbocycles. The minimum absolute atomic E-state index is 0. The van der Waals surface area contributed by atoms with Crippen LogP contribution >= 0.6 is 0 Å². The number of rotatable bonds is 0. The van der Waals surface area contributed by atoms with E-state index in [-0.39, 0.29) is 147 Å². The average Bonchev–Trinajstić information content (AvgIpc) is 0. The van der Waals surface area contributed by atoms with Gasteiger partial charge in [0.2, 0.25) is 0 Å². The summed E-state index contributed by atoms with van der Waals surface area (Å²) < 4.78 is 0. The van der Waals surface area contributed by atoms with E-state index in [9.17, 15) is 0 Å². The number of hydrogen-bond acceptors (Lipinski definition) is 0. The van der Waals surface area contributed by atoms with E-state index in [0.717, 1.165) is 0 Å². The largest absolute Gasteiger partial charge is 0 e. The average molecular weight is 1290 g/mol. The Hall–Kier alpha value is 4.82. The first-order chi connectivity index (χ1) is 0. The Labute approximate surface area is 144 Å². The third kappa shape index (κ3) is 36.2. The molecule has 0 aliphatic rings. The molecule has 0 spiro atoms. The van der Waals surface area contributed by atoms with Gasteiger partial charge >= 0.3 is 0 Å². The van der Waals surface area contributed by atoms with Crippen molar-refractivity contribution in [2.75, 3.05) is 0 Å². The van der Waals surface area contributed by atoms with E-state index in [4.69, 9.17) is 0 Å². The van der Waals surface area contributed by atoms with Gasteiger partial charge in [-0.2, -0.15) is 0 Å². The summed E-state index contributed by atoms with van der Waals surface area (Å²) in [5.41, 5.74) is 0. The second-order valence-electron chi connectivity index (χ2n) is 0. The van der Waals surface area contributed by atoms with Crippen molar-refractivity contribution >= 4 is 0 Å². The molecule has 0 aromatic heterocycles. The van der Waals surface area contributed by atoms with Gasteiger partial charge in [-0.05, 0) is 0 Å². The molecule has 0 amide bonds. The van der Waals surface area contributed by atoms with Crippen LogP contribution in [0.2, 0.25) is 0 Å². The SMILES string of the molecule is [W].[W].[W].[W].[W].[W].[W]. The maximum atomic E-state index is 0. The van der Waals surface area contributed by atoms with Crippen LogP contribution in [0.15, 0.2) is 0 Å². The van der Waals surface area contributed by atoms with E-state index in [1.807, 2.05) is 0 Å². The quantitative estimate of drug-likeness (QED) is 0.321. The van der Waals surface area contributed by atoms with Crippen molar-refractivity contribution < 1.29 is 147 Å². The van der Waals surface area contributed by atoms with Crippen molar-refractivity contribution in [2.45, 2.75) is 0 Å². The van der Waals surface area contributed by atoms with Crippen molar-refractivity contribution in [1.82, 2.24) is 0 Å². The molecule has 0 unspecified atom stereocenters. The summed E-state index contributed by atoms with van der Waals surface area (Å²) in [4.78, 5) is 0. The summed E-state index contributed by atoms with van der Waals surface area (Å²) >= 11 is 0. The van der Waals surface area contributed by atoms with Crippen LogP contribution in [-0.2, 0) is 147 Å². The smallest absolute Gasteiger partial charge is 0 e. The minimum Gasteiger partial charge on any atom is 0 e. The van der Waals surface area contributed by atoms with E-state index in [1.54, 1.807) is 0 Å². The van der Waals surface area contributed by atoms with Gasteiger partial charge in [0.25, 0.3) is 0 Å².